The van der Waals surface area contributed by atoms with Crippen molar-refractivity contribution in [2.75, 3.05) is 13.1 Å². The first-order valence-corrected chi connectivity index (χ1v) is 10.5. The van der Waals surface area contributed by atoms with E-state index >= 15 is 0 Å². The average molecular weight is 478 g/mol. The highest BCUT2D eigenvalue weighted by Crippen LogP contribution is 2.17. The van der Waals surface area contributed by atoms with Crippen molar-refractivity contribution in [3.8, 4) is 11.5 Å². The summed E-state index contributed by atoms with van der Waals surface area (Å²) in [5, 5.41) is 7.42. The summed E-state index contributed by atoms with van der Waals surface area (Å²) in [6.07, 6.45) is 6.94. The SMILES string of the molecule is CCN=C(NCC)NN=C(C=Cc1ccc(OC(F)F)cc1)C=Cc1ccc(OC(F)F)cc1. The first kappa shape index (κ1) is 26.4. The molecule has 0 spiro atoms. The van der Waals surface area contributed by atoms with E-state index in [9.17, 15) is 17.6 Å². The summed E-state index contributed by atoms with van der Waals surface area (Å²) in [6, 6.07) is 12.3. The number of alkyl halides is 4. The van der Waals surface area contributed by atoms with Crippen LogP contribution >= 0.6 is 0 Å². The van der Waals surface area contributed by atoms with Crippen LogP contribution in [0.2, 0.25) is 0 Å². The average Bonchev–Trinajstić information content (AvgIpc) is 2.80. The quantitative estimate of drug-likeness (QED) is 0.192. The van der Waals surface area contributed by atoms with Gasteiger partial charge < -0.3 is 14.8 Å². The summed E-state index contributed by atoms with van der Waals surface area (Å²) in [5.74, 6) is 0.632. The van der Waals surface area contributed by atoms with Crippen molar-refractivity contribution in [1.82, 2.24) is 10.7 Å². The van der Waals surface area contributed by atoms with Gasteiger partial charge in [0.25, 0.3) is 0 Å². The van der Waals surface area contributed by atoms with Gasteiger partial charge in [-0.3, -0.25) is 4.99 Å². The van der Waals surface area contributed by atoms with Crippen LogP contribution in [0.3, 0.4) is 0 Å². The molecule has 0 amide bonds. The number of benzene rings is 2. The minimum absolute atomic E-state index is 0.0629. The summed E-state index contributed by atoms with van der Waals surface area (Å²) in [4.78, 5) is 4.28. The lowest BCUT2D eigenvalue weighted by Crippen LogP contribution is -2.34. The number of hydrazone groups is 1. The first-order valence-electron chi connectivity index (χ1n) is 10.5. The third-order valence-corrected chi connectivity index (χ3v) is 4.05. The van der Waals surface area contributed by atoms with Crippen LogP contribution in [0, 0.1) is 0 Å². The van der Waals surface area contributed by atoms with E-state index in [1.807, 2.05) is 13.8 Å². The number of rotatable bonds is 11. The maximum atomic E-state index is 12.3. The molecule has 2 aromatic carbocycles. The fourth-order valence-electron chi connectivity index (χ4n) is 2.59. The van der Waals surface area contributed by atoms with Crippen molar-refractivity contribution < 1.29 is 27.0 Å². The largest absolute Gasteiger partial charge is 0.435 e. The van der Waals surface area contributed by atoms with Gasteiger partial charge in [0, 0.05) is 13.1 Å². The van der Waals surface area contributed by atoms with Gasteiger partial charge >= 0.3 is 13.2 Å². The second-order valence-electron chi connectivity index (χ2n) is 6.56. The van der Waals surface area contributed by atoms with Crippen LogP contribution in [-0.2, 0) is 0 Å². The number of nitrogens with zero attached hydrogens (tertiary/aromatic N) is 2. The van der Waals surface area contributed by atoms with Crippen molar-refractivity contribution in [1.29, 1.82) is 0 Å². The van der Waals surface area contributed by atoms with Crippen molar-refractivity contribution >= 4 is 23.8 Å². The molecule has 0 radical (unpaired) electrons. The van der Waals surface area contributed by atoms with Crippen LogP contribution < -0.4 is 20.2 Å². The molecule has 0 aliphatic heterocycles. The molecule has 0 atom stereocenters. The molecule has 0 unspecified atom stereocenters. The Hall–Kier alpha value is -3.82. The second-order valence-corrected chi connectivity index (χ2v) is 6.56. The Morgan fingerprint density at radius 3 is 1.68 bits per heavy atom. The topological polar surface area (TPSA) is 67.2 Å². The number of halogens is 4. The Bertz CT molecular complexity index is 924. The van der Waals surface area contributed by atoms with Gasteiger partial charge in [-0.15, -0.1) is 0 Å². The predicted octanol–water partition coefficient (Wildman–Crippen LogP) is 5.55. The normalized spacial score (nSPS) is 11.9. The van der Waals surface area contributed by atoms with Crippen LogP contribution in [0.25, 0.3) is 12.2 Å². The first-order chi connectivity index (χ1) is 16.4. The van der Waals surface area contributed by atoms with E-state index in [1.165, 1.54) is 24.3 Å². The van der Waals surface area contributed by atoms with Gasteiger partial charge in [0.2, 0.25) is 5.96 Å². The van der Waals surface area contributed by atoms with Crippen LogP contribution in [0.15, 0.2) is 70.8 Å². The summed E-state index contributed by atoms with van der Waals surface area (Å²) < 4.78 is 58.0. The van der Waals surface area contributed by atoms with Crippen LogP contribution in [0.4, 0.5) is 17.6 Å². The number of ether oxygens (including phenoxy) is 2. The maximum Gasteiger partial charge on any atom is 0.387 e. The third kappa shape index (κ3) is 10.2. The summed E-state index contributed by atoms with van der Waals surface area (Å²) >= 11 is 0. The van der Waals surface area contributed by atoms with Gasteiger partial charge in [0.05, 0.1) is 5.71 Å². The number of hydrogen-bond acceptors (Lipinski definition) is 4. The molecule has 10 heteroatoms. The van der Waals surface area contributed by atoms with Crippen molar-refractivity contribution in [3.05, 3.63) is 71.8 Å². The van der Waals surface area contributed by atoms with Crippen LogP contribution in [0.5, 0.6) is 11.5 Å². The minimum Gasteiger partial charge on any atom is -0.435 e. The number of allylic oxidation sites excluding steroid dienone is 2. The fraction of sp³-hybridized carbons (Fsp3) is 0.250. The third-order valence-electron chi connectivity index (χ3n) is 4.05. The Labute approximate surface area is 195 Å². The highest BCUT2D eigenvalue weighted by atomic mass is 19.3. The lowest BCUT2D eigenvalue weighted by atomic mass is 10.1. The van der Waals surface area contributed by atoms with E-state index in [4.69, 9.17) is 0 Å². The zero-order valence-corrected chi connectivity index (χ0v) is 18.7. The van der Waals surface area contributed by atoms with Gasteiger partial charge in [0.1, 0.15) is 11.5 Å². The zero-order chi connectivity index (χ0) is 24.8. The number of nitrogens with one attached hydrogen (secondary N) is 2. The van der Waals surface area contributed by atoms with E-state index in [0.717, 1.165) is 11.1 Å². The molecule has 0 bridgehead atoms. The monoisotopic (exact) mass is 478 g/mol. The second kappa shape index (κ2) is 14.4. The van der Waals surface area contributed by atoms with Gasteiger partial charge in [-0.2, -0.15) is 22.7 Å². The molecule has 0 heterocycles. The molecule has 0 saturated heterocycles. The Morgan fingerprint density at radius 2 is 1.29 bits per heavy atom. The number of guanidine groups is 1. The zero-order valence-electron chi connectivity index (χ0n) is 18.7. The smallest absolute Gasteiger partial charge is 0.387 e. The number of aliphatic imine (C=N–C) groups is 1. The van der Waals surface area contributed by atoms with Gasteiger partial charge in [-0.05, 0) is 61.4 Å². The van der Waals surface area contributed by atoms with Crippen molar-refractivity contribution in [2.45, 2.75) is 27.1 Å². The van der Waals surface area contributed by atoms with E-state index in [0.29, 0.717) is 24.8 Å². The highest BCUT2D eigenvalue weighted by Gasteiger charge is 2.04. The molecule has 182 valence electrons. The predicted molar refractivity (Wildman–Crippen MR) is 126 cm³/mol. The summed E-state index contributed by atoms with van der Waals surface area (Å²) in [6.45, 7) is -0.730. The van der Waals surface area contributed by atoms with Gasteiger partial charge in [-0.25, -0.2) is 5.43 Å². The highest BCUT2D eigenvalue weighted by molar-refractivity contribution is 6.09. The van der Waals surface area contributed by atoms with Gasteiger partial charge in [0.15, 0.2) is 0 Å². The lowest BCUT2D eigenvalue weighted by Gasteiger charge is -2.07. The molecule has 0 aliphatic carbocycles. The molecule has 2 rings (SSSR count). The van der Waals surface area contributed by atoms with Crippen molar-refractivity contribution in [3.63, 3.8) is 0 Å². The minimum atomic E-state index is -2.89. The molecular formula is C24H26F4N4O2. The molecular weight excluding hydrogens is 452 g/mol. The van der Waals surface area contributed by atoms with Crippen LogP contribution in [-0.4, -0.2) is 38.0 Å². The summed E-state index contributed by atoms with van der Waals surface area (Å²) in [7, 11) is 0. The lowest BCUT2D eigenvalue weighted by molar-refractivity contribution is -0.0505. The Balaban J connectivity index is 2.21. The molecule has 34 heavy (non-hydrogen) atoms. The van der Waals surface area contributed by atoms with Crippen molar-refractivity contribution in [2.24, 2.45) is 10.1 Å². The van der Waals surface area contributed by atoms with E-state index in [-0.39, 0.29) is 11.5 Å². The molecule has 2 N–H and O–H groups in total. The van der Waals surface area contributed by atoms with E-state index < -0.39 is 13.2 Å². The molecule has 0 fully saturated rings. The fourth-order valence-corrected chi connectivity index (χ4v) is 2.59. The molecule has 6 nitrogen and oxygen atoms in total. The Kier molecular flexibility index (Phi) is 11.2. The summed E-state index contributed by atoms with van der Waals surface area (Å²) in [5.41, 5.74) is 4.87. The van der Waals surface area contributed by atoms with E-state index in [1.54, 1.807) is 48.6 Å². The number of hydrogen-bond donors (Lipinski definition) is 2. The molecule has 0 aliphatic rings. The standard InChI is InChI=1S/C24H26F4N4O2/c1-3-29-24(30-4-2)32-31-19(11-5-17-7-13-20(14-8-17)33-22(25)26)12-6-18-9-15-21(16-10-18)34-23(27)28/h5-16,22-23H,3-4H2,1-2H3,(H2,29,30,32). The molecule has 0 aromatic heterocycles. The molecule has 0 saturated carbocycles. The van der Waals surface area contributed by atoms with Gasteiger partial charge in [-0.1, -0.05) is 36.4 Å². The maximum absolute atomic E-state index is 12.3. The Morgan fingerprint density at radius 1 is 0.824 bits per heavy atom. The van der Waals surface area contributed by atoms with Crippen LogP contribution in [0.1, 0.15) is 25.0 Å². The molecule has 2 aromatic rings. The van der Waals surface area contributed by atoms with E-state index in [2.05, 4.69) is 30.3 Å².